The molecule has 1 N–H and O–H groups in total. The lowest BCUT2D eigenvalue weighted by Crippen LogP contribution is -2.71. The quantitative estimate of drug-likeness (QED) is 0.720. The number of amides is 1. The van der Waals surface area contributed by atoms with Crippen LogP contribution in [0.15, 0.2) is 0 Å². The zero-order valence-corrected chi connectivity index (χ0v) is 12.6. The van der Waals surface area contributed by atoms with Crippen LogP contribution in [-0.4, -0.2) is 61.5 Å². The van der Waals surface area contributed by atoms with Crippen LogP contribution in [0.5, 0.6) is 0 Å². The Hall–Kier alpha value is -0.610. The van der Waals surface area contributed by atoms with E-state index in [0.29, 0.717) is 11.8 Å². The van der Waals surface area contributed by atoms with Crippen molar-refractivity contribution in [3.63, 3.8) is 0 Å². The lowest BCUT2D eigenvalue weighted by atomic mass is 9.72. The molecule has 0 aromatic rings. The fraction of sp³-hybridized carbons (Fsp3) is 0.933. The number of likely N-dealkylation sites (tertiary alicyclic amines) is 2. The van der Waals surface area contributed by atoms with E-state index >= 15 is 0 Å². The van der Waals surface area contributed by atoms with Gasteiger partial charge in [0.15, 0.2) is 0 Å². The fourth-order valence-corrected chi connectivity index (χ4v) is 3.45. The summed E-state index contributed by atoms with van der Waals surface area (Å²) in [5.74, 6) is 0.217. The van der Waals surface area contributed by atoms with E-state index in [1.807, 2.05) is 0 Å². The first-order valence-corrected chi connectivity index (χ1v) is 7.89. The molecule has 110 valence electrons. The SMILES string of the molecule is CCCNC(=O)CCCN1CC2(CN(CCC)C2)C1. The maximum absolute atomic E-state index is 11.5. The van der Waals surface area contributed by atoms with Gasteiger partial charge in [-0.05, 0) is 32.4 Å². The molecule has 0 atom stereocenters. The van der Waals surface area contributed by atoms with E-state index in [0.717, 1.165) is 25.9 Å². The molecule has 2 fully saturated rings. The predicted molar refractivity (Wildman–Crippen MR) is 78.1 cm³/mol. The Kier molecular flexibility index (Phi) is 5.22. The van der Waals surface area contributed by atoms with Gasteiger partial charge >= 0.3 is 0 Å². The van der Waals surface area contributed by atoms with Crippen LogP contribution in [-0.2, 0) is 4.79 Å². The van der Waals surface area contributed by atoms with Crippen LogP contribution in [0.1, 0.15) is 39.5 Å². The van der Waals surface area contributed by atoms with Crippen molar-refractivity contribution in [1.29, 1.82) is 0 Å². The third-order valence-electron chi connectivity index (χ3n) is 4.23. The number of nitrogens with one attached hydrogen (secondary N) is 1. The monoisotopic (exact) mass is 267 g/mol. The largest absolute Gasteiger partial charge is 0.356 e. The summed E-state index contributed by atoms with van der Waals surface area (Å²) in [6, 6.07) is 0. The van der Waals surface area contributed by atoms with Crippen molar-refractivity contribution in [3.05, 3.63) is 0 Å². The van der Waals surface area contributed by atoms with Crippen LogP contribution >= 0.6 is 0 Å². The van der Waals surface area contributed by atoms with E-state index in [4.69, 9.17) is 0 Å². The third-order valence-corrected chi connectivity index (χ3v) is 4.23. The first-order valence-electron chi connectivity index (χ1n) is 7.89. The number of carbonyl (C=O) groups excluding carboxylic acids is 1. The van der Waals surface area contributed by atoms with Crippen molar-refractivity contribution < 1.29 is 4.79 Å². The van der Waals surface area contributed by atoms with E-state index in [-0.39, 0.29) is 5.91 Å². The van der Waals surface area contributed by atoms with Crippen molar-refractivity contribution in [2.45, 2.75) is 39.5 Å². The topological polar surface area (TPSA) is 35.6 Å². The molecule has 4 heteroatoms. The maximum Gasteiger partial charge on any atom is 0.220 e. The van der Waals surface area contributed by atoms with Gasteiger partial charge in [0.25, 0.3) is 0 Å². The van der Waals surface area contributed by atoms with Crippen LogP contribution < -0.4 is 5.32 Å². The molecule has 0 unspecified atom stereocenters. The molecule has 2 saturated heterocycles. The molecule has 2 aliphatic heterocycles. The normalized spacial score (nSPS) is 22.0. The number of rotatable bonds is 8. The molecule has 0 radical (unpaired) electrons. The second kappa shape index (κ2) is 6.71. The zero-order chi connectivity index (χ0) is 13.7. The molecule has 2 rings (SSSR count). The molecular weight excluding hydrogens is 238 g/mol. The van der Waals surface area contributed by atoms with Crippen molar-refractivity contribution in [3.8, 4) is 0 Å². The van der Waals surface area contributed by atoms with Gasteiger partial charge in [-0.25, -0.2) is 0 Å². The average molecular weight is 267 g/mol. The Morgan fingerprint density at radius 1 is 1.05 bits per heavy atom. The summed E-state index contributed by atoms with van der Waals surface area (Å²) in [4.78, 5) is 16.5. The highest BCUT2D eigenvalue weighted by molar-refractivity contribution is 5.75. The van der Waals surface area contributed by atoms with E-state index in [9.17, 15) is 4.79 Å². The molecular formula is C15H29N3O. The summed E-state index contributed by atoms with van der Waals surface area (Å²) in [6.07, 6.45) is 3.98. The third kappa shape index (κ3) is 3.93. The minimum Gasteiger partial charge on any atom is -0.356 e. The summed E-state index contributed by atoms with van der Waals surface area (Å²) in [6.45, 7) is 12.6. The lowest BCUT2D eigenvalue weighted by Gasteiger charge is -2.60. The number of hydrogen-bond donors (Lipinski definition) is 1. The van der Waals surface area contributed by atoms with Gasteiger partial charge in [-0.1, -0.05) is 13.8 Å². The summed E-state index contributed by atoms with van der Waals surface area (Å²) in [5.41, 5.74) is 0.625. The van der Waals surface area contributed by atoms with Crippen LogP contribution in [0.2, 0.25) is 0 Å². The average Bonchev–Trinajstić information content (AvgIpc) is 2.30. The molecule has 2 heterocycles. The van der Waals surface area contributed by atoms with Crippen LogP contribution in [0.25, 0.3) is 0 Å². The Labute approximate surface area is 117 Å². The predicted octanol–water partition coefficient (Wildman–Crippen LogP) is 1.32. The standard InChI is InChI=1S/C15H29N3O/c1-3-7-16-14(19)6-5-9-18-12-15(13-18)10-17(11-15)8-4-2/h3-13H2,1-2H3,(H,16,19). The minimum absolute atomic E-state index is 0.217. The number of hydrogen-bond acceptors (Lipinski definition) is 3. The number of nitrogens with zero attached hydrogens (tertiary/aromatic N) is 2. The van der Waals surface area contributed by atoms with E-state index in [1.165, 1.54) is 39.1 Å². The van der Waals surface area contributed by atoms with Crippen molar-refractivity contribution in [2.24, 2.45) is 5.41 Å². The van der Waals surface area contributed by atoms with Gasteiger partial charge in [0, 0.05) is 44.6 Å². The van der Waals surface area contributed by atoms with E-state index in [2.05, 4.69) is 29.0 Å². The van der Waals surface area contributed by atoms with Crippen LogP contribution in [0.3, 0.4) is 0 Å². The zero-order valence-electron chi connectivity index (χ0n) is 12.6. The minimum atomic E-state index is 0.217. The van der Waals surface area contributed by atoms with Gasteiger partial charge in [0.1, 0.15) is 0 Å². The fourth-order valence-electron chi connectivity index (χ4n) is 3.45. The van der Waals surface area contributed by atoms with E-state index < -0.39 is 0 Å². The molecule has 0 aromatic carbocycles. The molecule has 4 nitrogen and oxygen atoms in total. The van der Waals surface area contributed by atoms with Gasteiger partial charge in [-0.3, -0.25) is 4.79 Å². The van der Waals surface area contributed by atoms with Gasteiger partial charge in [-0.2, -0.15) is 0 Å². The Morgan fingerprint density at radius 3 is 2.26 bits per heavy atom. The van der Waals surface area contributed by atoms with Crippen molar-refractivity contribution in [2.75, 3.05) is 45.8 Å². The lowest BCUT2D eigenvalue weighted by molar-refractivity contribution is -0.123. The number of carbonyl (C=O) groups is 1. The molecule has 0 aromatic heterocycles. The Morgan fingerprint density at radius 2 is 1.68 bits per heavy atom. The van der Waals surface area contributed by atoms with Gasteiger partial charge in [0.2, 0.25) is 5.91 Å². The molecule has 1 amide bonds. The van der Waals surface area contributed by atoms with E-state index in [1.54, 1.807) is 0 Å². The van der Waals surface area contributed by atoms with Crippen LogP contribution in [0.4, 0.5) is 0 Å². The summed E-state index contributed by atoms with van der Waals surface area (Å²) in [5, 5.41) is 2.94. The molecule has 2 aliphatic rings. The van der Waals surface area contributed by atoms with Gasteiger partial charge in [-0.15, -0.1) is 0 Å². The molecule has 0 saturated carbocycles. The summed E-state index contributed by atoms with van der Waals surface area (Å²) < 4.78 is 0. The summed E-state index contributed by atoms with van der Waals surface area (Å²) >= 11 is 0. The summed E-state index contributed by atoms with van der Waals surface area (Å²) in [7, 11) is 0. The van der Waals surface area contributed by atoms with Crippen LogP contribution in [0, 0.1) is 5.41 Å². The highest BCUT2D eigenvalue weighted by atomic mass is 16.1. The molecule has 0 bridgehead atoms. The van der Waals surface area contributed by atoms with Crippen molar-refractivity contribution >= 4 is 5.91 Å². The smallest absolute Gasteiger partial charge is 0.220 e. The molecule has 1 spiro atoms. The highest BCUT2D eigenvalue weighted by Crippen LogP contribution is 2.39. The first-order chi connectivity index (χ1) is 9.17. The maximum atomic E-state index is 11.5. The molecule has 0 aliphatic carbocycles. The van der Waals surface area contributed by atoms with Gasteiger partial charge in [0.05, 0.1) is 0 Å². The second-order valence-electron chi connectivity index (χ2n) is 6.37. The Bertz CT molecular complexity index is 292. The van der Waals surface area contributed by atoms with Crippen molar-refractivity contribution in [1.82, 2.24) is 15.1 Å². The van der Waals surface area contributed by atoms with Gasteiger partial charge < -0.3 is 15.1 Å². The highest BCUT2D eigenvalue weighted by Gasteiger charge is 2.50. The molecule has 19 heavy (non-hydrogen) atoms. The second-order valence-corrected chi connectivity index (χ2v) is 6.37. The first kappa shape index (κ1) is 14.8. The Balaban J connectivity index is 1.49.